The van der Waals surface area contributed by atoms with Gasteiger partial charge in [-0.1, -0.05) is 501 Å². The Morgan fingerprint density at radius 1 is 0.209 bits per heavy atom. The van der Waals surface area contributed by atoms with Crippen LogP contribution in [0.25, 0.3) is 177 Å². The van der Waals surface area contributed by atoms with E-state index in [0.717, 1.165) is 122 Å². The number of oxazole rings is 2. The molecule has 2 heterocycles. The van der Waals surface area contributed by atoms with E-state index in [9.17, 15) is 0 Å². The third-order valence-electron chi connectivity index (χ3n) is 26.3. The summed E-state index contributed by atoms with van der Waals surface area (Å²) in [6.07, 6.45) is 1.89. The second-order valence-corrected chi connectivity index (χ2v) is 37.7. The fourth-order valence-electron chi connectivity index (χ4n) is 19.0. The molecule has 0 saturated heterocycles. The zero-order valence-corrected chi connectivity index (χ0v) is 83.7. The quantitative estimate of drug-likeness (QED) is 0.0723. The molecule has 0 amide bonds. The molecule has 24 aromatic carbocycles. The third kappa shape index (κ3) is 23.4. The number of aromatic nitrogens is 2. The summed E-state index contributed by atoms with van der Waals surface area (Å²) in [5, 5.41) is 9.56. The molecule has 0 aliphatic heterocycles. The van der Waals surface area contributed by atoms with Crippen molar-refractivity contribution in [2.45, 2.75) is 12.8 Å². The number of halogens is 2. The Morgan fingerprint density at radius 2 is 0.459 bits per heavy atom. The van der Waals surface area contributed by atoms with Crippen LogP contribution in [0.1, 0.15) is 22.3 Å². The Bertz CT molecular complexity index is 8480. The van der Waals surface area contributed by atoms with E-state index >= 15 is 0 Å². The molecule has 0 radical (unpaired) electrons. The molecule has 148 heavy (non-hydrogen) atoms. The fourth-order valence-corrected chi connectivity index (χ4v) is 19.6. The first-order valence-electron chi connectivity index (χ1n) is 49.8. The van der Waals surface area contributed by atoms with Gasteiger partial charge in [-0.3, -0.25) is 0 Å². The van der Waals surface area contributed by atoms with Gasteiger partial charge >= 0.3 is 0 Å². The Kier molecular flexibility index (Phi) is 30.0. The van der Waals surface area contributed by atoms with Crippen LogP contribution in [0, 0.1) is 0 Å². The highest BCUT2D eigenvalue weighted by Crippen LogP contribution is 2.44. The molecule has 0 fully saturated rings. The molecule has 26 rings (SSSR count). The van der Waals surface area contributed by atoms with Gasteiger partial charge in [-0.15, -0.1) is 0 Å². The maximum Gasteiger partial charge on any atom is 0.227 e. The van der Waals surface area contributed by atoms with Gasteiger partial charge in [0.15, 0.2) is 11.2 Å². The molecule has 0 unspecified atom stereocenters. The highest BCUT2D eigenvalue weighted by atomic mass is 79.9. The molecule has 8 heteroatoms. The standard InChI is InChI=1S/C45H30N2O.2C25H20.C21H12ClNO.C12H9Br.C12H11N/c1-4-12-31(13-5-1)36-18-10-20-38(28-36)47(39-21-11-19-37(29-39)32-14-6-2-7-15-32)40-26-24-33-22-23-34-25-27-42-44(43(34)41(33)30-40)48-45(46-42)35-16-8-3-9-17-35;2*1-3-11-22(12-4-1)24-15-7-9-20(18-24)17-21-10-8-16-25(19-21)23-13-5-2-6-14-23;22-16-10-8-13-6-7-14-9-11-18-20(19(14)17(13)12-16)24-21(23-18)15-4-2-1-3-5-15;2*13-12-8-4-7-11(9-12)10-5-2-1-3-6-10/h1-30H;2*1-16,18-19H,17H2;1-12H;1-9H;1-9H,13H2. The second-order valence-electron chi connectivity index (χ2n) is 36.4. The van der Waals surface area contributed by atoms with E-state index in [0.29, 0.717) is 11.8 Å². The monoisotopic (exact) mass is 1980 g/mol. The summed E-state index contributed by atoms with van der Waals surface area (Å²) in [6, 6.07) is 203. The maximum atomic E-state index is 6.55. The van der Waals surface area contributed by atoms with Gasteiger partial charge in [0.05, 0.1) is 0 Å². The molecule has 0 atom stereocenters. The van der Waals surface area contributed by atoms with Crippen LogP contribution in [-0.4, -0.2) is 9.97 Å². The number of hydrogen-bond acceptors (Lipinski definition) is 6. The van der Waals surface area contributed by atoms with Crippen molar-refractivity contribution < 1.29 is 8.83 Å². The van der Waals surface area contributed by atoms with Gasteiger partial charge in [0.2, 0.25) is 11.8 Å². The summed E-state index contributed by atoms with van der Waals surface area (Å²) in [5.41, 5.74) is 40.1. The van der Waals surface area contributed by atoms with E-state index in [2.05, 4.69) is 469 Å². The van der Waals surface area contributed by atoms with Crippen LogP contribution in [0.5, 0.6) is 0 Å². The summed E-state index contributed by atoms with van der Waals surface area (Å²) in [4.78, 5) is 11.9. The zero-order valence-electron chi connectivity index (χ0n) is 81.3. The SMILES string of the molecule is Brc1cccc(-c2ccccc2)c1.Clc1ccc2ccc3ccc4nc(-c5ccccc5)oc4c3c2c1.Nc1cccc(-c2ccccc2)c1.c1ccc(-c2cccc(Cc3cccc(-c4ccccc4)c3)c2)cc1.c1ccc(-c2cccc(Cc3cccc(-c4ccccc4)c3)c2)cc1.c1ccc(-c2cccc(N(c3cccc(-c4ccccc4)c3)c3ccc4ccc5ccc6nc(-c7ccccc7)oc6c5c4c3)c2)cc1. The summed E-state index contributed by atoms with van der Waals surface area (Å²) < 4.78 is 13.8. The van der Waals surface area contributed by atoms with Crippen LogP contribution in [0.4, 0.5) is 22.7 Å². The maximum absolute atomic E-state index is 6.55. The van der Waals surface area contributed by atoms with E-state index < -0.39 is 0 Å². The van der Waals surface area contributed by atoms with E-state index in [4.69, 9.17) is 31.2 Å². The second kappa shape index (κ2) is 46.3. The van der Waals surface area contributed by atoms with Crippen LogP contribution < -0.4 is 10.6 Å². The average Bonchev–Trinajstić information content (AvgIpc) is 1.49. The van der Waals surface area contributed by atoms with Crippen molar-refractivity contribution in [1.29, 1.82) is 0 Å². The van der Waals surface area contributed by atoms with Gasteiger partial charge < -0.3 is 19.5 Å². The van der Waals surface area contributed by atoms with Crippen molar-refractivity contribution >= 4 is 116 Å². The lowest BCUT2D eigenvalue weighted by Crippen LogP contribution is -2.10. The van der Waals surface area contributed by atoms with Gasteiger partial charge in [0.25, 0.3) is 0 Å². The van der Waals surface area contributed by atoms with Gasteiger partial charge in [0.1, 0.15) is 11.0 Å². The molecule has 0 aliphatic carbocycles. The summed E-state index contributed by atoms with van der Waals surface area (Å²) >= 11 is 9.68. The number of benzene rings is 24. The minimum absolute atomic E-state index is 0.628. The van der Waals surface area contributed by atoms with Crippen molar-refractivity contribution in [1.82, 2.24) is 9.97 Å². The van der Waals surface area contributed by atoms with E-state index in [1.165, 1.54) is 111 Å². The van der Waals surface area contributed by atoms with Crippen LogP contribution in [0.15, 0.2) is 596 Å². The van der Waals surface area contributed by atoms with Crippen LogP contribution in [0.3, 0.4) is 0 Å². The number of hydrogen-bond donors (Lipinski definition) is 1. The van der Waals surface area contributed by atoms with Gasteiger partial charge in [-0.25, -0.2) is 9.97 Å². The molecule has 2 aromatic heterocycles. The number of nitrogen functional groups attached to an aromatic ring is 1. The van der Waals surface area contributed by atoms with Gasteiger partial charge in [-0.05, 0) is 266 Å². The van der Waals surface area contributed by atoms with E-state index in [-0.39, 0.29) is 0 Å². The van der Waals surface area contributed by atoms with Crippen molar-refractivity contribution in [2.24, 2.45) is 0 Å². The molecule has 0 bridgehead atoms. The first kappa shape index (κ1) is 95.8. The molecular weight excluding hydrogens is 1880 g/mol. The van der Waals surface area contributed by atoms with Gasteiger partial charge in [-0.2, -0.15) is 0 Å². The molecule has 0 saturated carbocycles. The predicted octanol–water partition coefficient (Wildman–Crippen LogP) is 39.3. The lowest BCUT2D eigenvalue weighted by molar-refractivity contribution is 0.623. The Morgan fingerprint density at radius 3 is 0.791 bits per heavy atom. The average molecular weight is 1990 g/mol. The molecule has 26 aromatic rings. The molecule has 0 spiro atoms. The van der Waals surface area contributed by atoms with Gasteiger partial charge in [0, 0.05) is 54.1 Å². The van der Waals surface area contributed by atoms with E-state index in [1.807, 2.05) is 140 Å². The van der Waals surface area contributed by atoms with Crippen molar-refractivity contribution in [3.05, 3.63) is 614 Å². The van der Waals surface area contributed by atoms with Crippen molar-refractivity contribution in [3.8, 4) is 112 Å². The highest BCUT2D eigenvalue weighted by molar-refractivity contribution is 9.10. The highest BCUT2D eigenvalue weighted by Gasteiger charge is 2.21. The molecule has 6 nitrogen and oxygen atoms in total. The van der Waals surface area contributed by atoms with Crippen molar-refractivity contribution in [3.63, 3.8) is 0 Å². The lowest BCUT2D eigenvalue weighted by atomic mass is 9.97. The molecule has 2 N–H and O–H groups in total. The summed E-state index contributed by atoms with van der Waals surface area (Å²) in [7, 11) is 0. The van der Waals surface area contributed by atoms with Crippen LogP contribution >= 0.6 is 27.5 Å². The summed E-state index contributed by atoms with van der Waals surface area (Å²) in [5.74, 6) is 1.26. The smallest absolute Gasteiger partial charge is 0.227 e. The third-order valence-corrected chi connectivity index (χ3v) is 27.0. The number of fused-ring (bicyclic) bond motifs is 10. The number of nitrogens with two attached hydrogens (primary N) is 1. The molecule has 0 aliphatic rings. The summed E-state index contributed by atoms with van der Waals surface area (Å²) in [6.45, 7) is 0. The number of nitrogens with zero attached hydrogens (tertiary/aromatic N) is 3. The van der Waals surface area contributed by atoms with Crippen molar-refractivity contribution in [2.75, 3.05) is 10.6 Å². The fraction of sp³-hybridized carbons (Fsp3) is 0.0143. The largest absolute Gasteiger partial charge is 0.435 e. The Labute approximate surface area is 877 Å². The molecular formula is C140H102BrClN4O2. The number of anilines is 4. The van der Waals surface area contributed by atoms with Crippen LogP contribution in [-0.2, 0) is 12.8 Å². The predicted molar refractivity (Wildman–Crippen MR) is 628 cm³/mol. The zero-order chi connectivity index (χ0) is 100.0. The lowest BCUT2D eigenvalue weighted by Gasteiger charge is -2.27. The first-order chi connectivity index (χ1) is 73.1. The minimum Gasteiger partial charge on any atom is -0.435 e. The minimum atomic E-state index is 0.628. The van der Waals surface area contributed by atoms with E-state index in [1.54, 1.807) is 0 Å². The Balaban J connectivity index is 0.000000111. The number of rotatable bonds is 17. The Hall–Kier alpha value is -18.4. The normalized spacial score (nSPS) is 10.9. The van der Waals surface area contributed by atoms with Crippen LogP contribution in [0.2, 0.25) is 5.02 Å². The first-order valence-corrected chi connectivity index (χ1v) is 50.9. The molecule has 708 valence electrons. The topological polar surface area (TPSA) is 81.3 Å².